The van der Waals surface area contributed by atoms with Gasteiger partial charge in [-0.3, -0.25) is 3.11 Å². The van der Waals surface area contributed by atoms with E-state index in [0.717, 1.165) is 5.92 Å². The van der Waals surface area contributed by atoms with E-state index in [0.29, 0.717) is 5.92 Å². The number of halogens is 1. The van der Waals surface area contributed by atoms with Gasteiger partial charge in [-0.05, 0) is 54.0 Å². The first-order valence-corrected chi connectivity index (χ1v) is 12.9. The predicted octanol–water partition coefficient (Wildman–Crippen LogP) is 9.71. The molecular formula is C27H28INS. The van der Waals surface area contributed by atoms with Crippen molar-refractivity contribution in [1.82, 2.24) is 0 Å². The van der Waals surface area contributed by atoms with E-state index < -0.39 is 0 Å². The molecule has 0 atom stereocenters. The fraction of sp³-hybridized carbons (Fsp3) is 0.333. The highest BCUT2D eigenvalue weighted by atomic mass is 127. The number of rotatable bonds is 4. The molecule has 4 aromatic rings. The first kappa shape index (κ1) is 20.3. The molecule has 1 aliphatic carbocycles. The van der Waals surface area contributed by atoms with E-state index >= 15 is 0 Å². The fourth-order valence-corrected chi connectivity index (χ4v) is 7.13. The SMILES string of the molecule is CC(C)c1ccc(N(I)c2cccc3c2sc2c(C4CCCCC4)cccc23)cc1. The van der Waals surface area contributed by atoms with Crippen LogP contribution in [0.4, 0.5) is 11.4 Å². The lowest BCUT2D eigenvalue weighted by Gasteiger charge is -2.22. The molecule has 1 aliphatic rings. The average Bonchev–Trinajstić information content (AvgIpc) is 3.18. The minimum atomic E-state index is 0.561. The van der Waals surface area contributed by atoms with Crippen LogP contribution >= 0.6 is 34.2 Å². The molecule has 0 radical (unpaired) electrons. The summed E-state index contributed by atoms with van der Waals surface area (Å²) in [6, 6.07) is 22.8. The van der Waals surface area contributed by atoms with Gasteiger partial charge >= 0.3 is 0 Å². The quantitative estimate of drug-likeness (QED) is 0.189. The zero-order chi connectivity index (χ0) is 20.7. The lowest BCUT2D eigenvalue weighted by molar-refractivity contribution is 0.446. The van der Waals surface area contributed by atoms with Crippen LogP contribution in [0.5, 0.6) is 0 Å². The van der Waals surface area contributed by atoms with Crippen LogP contribution in [0.3, 0.4) is 0 Å². The van der Waals surface area contributed by atoms with Gasteiger partial charge in [0.2, 0.25) is 0 Å². The minimum Gasteiger partial charge on any atom is -0.282 e. The van der Waals surface area contributed by atoms with Gasteiger partial charge in [0.15, 0.2) is 0 Å². The Morgan fingerprint density at radius 3 is 2.20 bits per heavy atom. The van der Waals surface area contributed by atoms with Crippen LogP contribution in [0, 0.1) is 0 Å². The Labute approximate surface area is 197 Å². The molecule has 30 heavy (non-hydrogen) atoms. The molecule has 1 nitrogen and oxygen atoms in total. The number of benzene rings is 3. The van der Waals surface area contributed by atoms with Gasteiger partial charge in [-0.25, -0.2) is 0 Å². The van der Waals surface area contributed by atoms with Crippen molar-refractivity contribution in [2.75, 3.05) is 3.11 Å². The van der Waals surface area contributed by atoms with Gasteiger partial charge < -0.3 is 0 Å². The van der Waals surface area contributed by atoms with Crippen LogP contribution < -0.4 is 3.11 Å². The third kappa shape index (κ3) is 3.64. The second kappa shape index (κ2) is 8.51. The standard InChI is InChI=1S/C27H28INS/c1-18(2)19-14-16-21(17-15-19)29(28)25-13-7-12-24-23-11-6-10-22(26(23)30-27(24)25)20-8-4-3-5-9-20/h6-7,10-18,20H,3-5,8-9H2,1-2H3. The molecule has 1 fully saturated rings. The summed E-state index contributed by atoms with van der Waals surface area (Å²) < 4.78 is 5.23. The smallest absolute Gasteiger partial charge is 0.0689 e. The van der Waals surface area contributed by atoms with E-state index in [1.54, 1.807) is 5.56 Å². The van der Waals surface area contributed by atoms with Crippen LogP contribution in [0.15, 0.2) is 60.7 Å². The number of nitrogens with zero attached hydrogens (tertiary/aromatic N) is 1. The van der Waals surface area contributed by atoms with E-state index in [4.69, 9.17) is 0 Å². The monoisotopic (exact) mass is 525 g/mol. The summed E-state index contributed by atoms with van der Waals surface area (Å²) in [5.41, 5.74) is 5.50. The molecule has 0 saturated heterocycles. The molecule has 3 aromatic carbocycles. The Balaban J connectivity index is 1.61. The van der Waals surface area contributed by atoms with Crippen molar-refractivity contribution in [3.8, 4) is 0 Å². The van der Waals surface area contributed by atoms with Crippen molar-refractivity contribution in [1.29, 1.82) is 0 Å². The van der Waals surface area contributed by atoms with Crippen LogP contribution in [-0.2, 0) is 0 Å². The highest BCUT2D eigenvalue weighted by Crippen LogP contribution is 2.46. The fourth-order valence-electron chi connectivity index (χ4n) is 4.85. The Morgan fingerprint density at radius 2 is 1.50 bits per heavy atom. The lowest BCUT2D eigenvalue weighted by Crippen LogP contribution is -2.04. The van der Waals surface area contributed by atoms with Crippen molar-refractivity contribution >= 4 is 65.7 Å². The Bertz CT molecular complexity index is 1170. The Kier molecular flexibility index (Phi) is 5.76. The number of hydrogen-bond acceptors (Lipinski definition) is 2. The predicted molar refractivity (Wildman–Crippen MR) is 142 cm³/mol. The maximum Gasteiger partial charge on any atom is 0.0689 e. The molecule has 1 aromatic heterocycles. The highest BCUT2D eigenvalue weighted by Gasteiger charge is 2.21. The molecule has 0 bridgehead atoms. The molecule has 5 rings (SSSR count). The molecule has 0 spiro atoms. The van der Waals surface area contributed by atoms with E-state index in [-0.39, 0.29) is 0 Å². The van der Waals surface area contributed by atoms with Crippen molar-refractivity contribution < 1.29 is 0 Å². The summed E-state index contributed by atoms with van der Waals surface area (Å²) in [7, 11) is 0. The first-order chi connectivity index (χ1) is 14.6. The van der Waals surface area contributed by atoms with Gasteiger partial charge in [-0.1, -0.05) is 75.6 Å². The lowest BCUT2D eigenvalue weighted by atomic mass is 9.84. The minimum absolute atomic E-state index is 0.561. The molecule has 154 valence electrons. The van der Waals surface area contributed by atoms with E-state index in [1.807, 2.05) is 11.3 Å². The van der Waals surface area contributed by atoms with Crippen molar-refractivity contribution in [3.63, 3.8) is 0 Å². The maximum absolute atomic E-state index is 2.47. The molecule has 3 heteroatoms. The van der Waals surface area contributed by atoms with E-state index in [9.17, 15) is 0 Å². The summed E-state index contributed by atoms with van der Waals surface area (Å²) in [5, 5.41) is 2.82. The van der Waals surface area contributed by atoms with Gasteiger partial charge in [0.1, 0.15) is 0 Å². The largest absolute Gasteiger partial charge is 0.282 e. The maximum atomic E-state index is 2.47. The number of hydrogen-bond donors (Lipinski definition) is 0. The zero-order valence-electron chi connectivity index (χ0n) is 17.7. The molecule has 0 unspecified atom stereocenters. The topological polar surface area (TPSA) is 3.24 Å². The van der Waals surface area contributed by atoms with Gasteiger partial charge in [0.05, 0.1) is 38.9 Å². The molecule has 1 saturated carbocycles. The summed E-state index contributed by atoms with van der Waals surface area (Å²) in [6.45, 7) is 4.50. The van der Waals surface area contributed by atoms with E-state index in [1.165, 1.54) is 69.2 Å². The highest BCUT2D eigenvalue weighted by molar-refractivity contribution is 14.1. The summed E-state index contributed by atoms with van der Waals surface area (Å²) in [4.78, 5) is 0. The summed E-state index contributed by atoms with van der Waals surface area (Å²) >= 11 is 4.46. The third-order valence-corrected chi connectivity index (χ3v) is 8.95. The van der Waals surface area contributed by atoms with Crippen LogP contribution in [0.2, 0.25) is 0 Å². The van der Waals surface area contributed by atoms with Gasteiger partial charge in [0, 0.05) is 15.5 Å². The first-order valence-electron chi connectivity index (χ1n) is 11.1. The second-order valence-corrected chi connectivity index (χ2v) is 10.8. The number of anilines is 2. The molecule has 0 aliphatic heterocycles. The van der Waals surface area contributed by atoms with Gasteiger partial charge in [-0.2, -0.15) is 0 Å². The normalized spacial score (nSPS) is 15.3. The summed E-state index contributed by atoms with van der Waals surface area (Å²) in [6.07, 6.45) is 6.86. The Morgan fingerprint density at radius 1 is 0.833 bits per heavy atom. The van der Waals surface area contributed by atoms with E-state index in [2.05, 4.69) is 100 Å². The van der Waals surface area contributed by atoms with Crippen molar-refractivity contribution in [3.05, 3.63) is 71.8 Å². The van der Waals surface area contributed by atoms with Crippen molar-refractivity contribution in [2.45, 2.75) is 57.8 Å². The summed E-state index contributed by atoms with van der Waals surface area (Å²) in [5.74, 6) is 1.30. The molecule has 1 heterocycles. The third-order valence-electron chi connectivity index (χ3n) is 6.58. The number of thiophene rings is 1. The Hall–Kier alpha value is -1.59. The second-order valence-electron chi connectivity index (χ2n) is 8.84. The zero-order valence-corrected chi connectivity index (χ0v) is 20.7. The average molecular weight is 525 g/mol. The van der Waals surface area contributed by atoms with Gasteiger partial charge in [0.25, 0.3) is 0 Å². The molecular weight excluding hydrogens is 497 g/mol. The molecule has 0 amide bonds. The van der Waals surface area contributed by atoms with Crippen LogP contribution in [-0.4, -0.2) is 0 Å². The molecule has 0 N–H and O–H groups in total. The number of fused-ring (bicyclic) bond motifs is 3. The van der Waals surface area contributed by atoms with Crippen molar-refractivity contribution in [2.24, 2.45) is 0 Å². The van der Waals surface area contributed by atoms with Crippen LogP contribution in [0.1, 0.15) is 68.9 Å². The van der Waals surface area contributed by atoms with Gasteiger partial charge in [-0.15, -0.1) is 11.3 Å². The van der Waals surface area contributed by atoms with Crippen LogP contribution in [0.25, 0.3) is 20.2 Å².